The highest BCUT2D eigenvalue weighted by molar-refractivity contribution is 7.91. The summed E-state index contributed by atoms with van der Waals surface area (Å²) in [5, 5.41) is 9.81. The van der Waals surface area contributed by atoms with Gasteiger partial charge in [-0.25, -0.2) is 0 Å². The molecule has 0 spiro atoms. The number of phenolic OH excluding ortho intramolecular Hbond substituents is 1. The Labute approximate surface area is 154 Å². The number of ketones is 1. The van der Waals surface area contributed by atoms with Crippen molar-refractivity contribution in [2.45, 2.75) is 4.90 Å². The first-order chi connectivity index (χ1) is 12.5. The standard InChI is InChI=1S/C19H18O6S/c1-23-16-6-4-12(9-15(16)21)3-5-14(20)13-10-19-18(11-17(13)24-2)25-7-8-26(19)22/h3-6,9-11,21H,7-8H2,1-2H3/b5-3+. The summed E-state index contributed by atoms with van der Waals surface area (Å²) in [4.78, 5) is 13.1. The number of hydrogen-bond acceptors (Lipinski definition) is 6. The molecule has 1 aliphatic rings. The van der Waals surface area contributed by atoms with Gasteiger partial charge in [0.1, 0.15) is 18.1 Å². The topological polar surface area (TPSA) is 88.1 Å². The van der Waals surface area contributed by atoms with Crippen LogP contribution >= 0.6 is 0 Å². The van der Waals surface area contributed by atoms with Gasteiger partial charge in [-0.05, 0) is 34.9 Å². The first-order valence-corrected chi connectivity index (χ1v) is 9.18. The summed E-state index contributed by atoms with van der Waals surface area (Å²) in [6.07, 6.45) is 2.95. The molecule has 136 valence electrons. The van der Waals surface area contributed by atoms with E-state index in [0.717, 1.165) is 0 Å². The highest BCUT2D eigenvalue weighted by Gasteiger charge is 2.27. The van der Waals surface area contributed by atoms with Crippen molar-refractivity contribution in [3.63, 3.8) is 0 Å². The molecule has 1 unspecified atom stereocenters. The summed E-state index contributed by atoms with van der Waals surface area (Å²) in [5.41, 5.74) is 0.944. The minimum absolute atomic E-state index is 0.0130. The van der Waals surface area contributed by atoms with E-state index < -0.39 is 11.2 Å². The van der Waals surface area contributed by atoms with Crippen LogP contribution in [0.25, 0.3) is 6.08 Å². The maximum absolute atomic E-state index is 12.6. The smallest absolute Gasteiger partial charge is 0.195 e. The summed E-state index contributed by atoms with van der Waals surface area (Å²) in [7, 11) is 2.92. The number of allylic oxidation sites excluding steroid dienone is 1. The number of carbonyl (C=O) groups excluding carboxylic acids is 1. The lowest BCUT2D eigenvalue weighted by Crippen LogP contribution is -2.21. The third kappa shape index (κ3) is 3.63. The van der Waals surface area contributed by atoms with Crippen LogP contribution in [0, 0.1) is 0 Å². The molecule has 0 aliphatic carbocycles. The SMILES string of the molecule is COc1ccc(/C=C/C(=O)c2cc3c(cc2OC)OCC[S+]3[O-])cc1O. The molecular formula is C19H18O6S. The van der Waals surface area contributed by atoms with E-state index in [-0.39, 0.29) is 11.5 Å². The van der Waals surface area contributed by atoms with E-state index in [4.69, 9.17) is 14.2 Å². The van der Waals surface area contributed by atoms with Gasteiger partial charge in [-0.1, -0.05) is 12.1 Å². The molecule has 1 heterocycles. The number of rotatable bonds is 5. The second-order valence-corrected chi connectivity index (χ2v) is 7.07. The predicted molar refractivity (Wildman–Crippen MR) is 97.8 cm³/mol. The molecule has 0 radical (unpaired) electrons. The number of methoxy groups -OCH3 is 2. The van der Waals surface area contributed by atoms with Gasteiger partial charge >= 0.3 is 0 Å². The van der Waals surface area contributed by atoms with Crippen molar-refractivity contribution in [3.05, 3.63) is 47.5 Å². The van der Waals surface area contributed by atoms with Crippen LogP contribution in [0.4, 0.5) is 0 Å². The molecule has 3 rings (SSSR count). The van der Waals surface area contributed by atoms with Crippen molar-refractivity contribution in [2.24, 2.45) is 0 Å². The zero-order valence-corrected chi connectivity index (χ0v) is 15.2. The summed E-state index contributed by atoms with van der Waals surface area (Å²) in [6.45, 7) is 0.372. The average molecular weight is 374 g/mol. The van der Waals surface area contributed by atoms with E-state index in [9.17, 15) is 14.5 Å². The van der Waals surface area contributed by atoms with Gasteiger partial charge in [0.15, 0.2) is 27.9 Å². The van der Waals surface area contributed by atoms with Crippen molar-refractivity contribution >= 4 is 23.0 Å². The maximum atomic E-state index is 12.6. The van der Waals surface area contributed by atoms with Gasteiger partial charge in [0.05, 0.1) is 19.8 Å². The quantitative estimate of drug-likeness (QED) is 0.492. The molecular weight excluding hydrogens is 356 g/mol. The van der Waals surface area contributed by atoms with Gasteiger partial charge in [0.2, 0.25) is 0 Å². The first-order valence-electron chi connectivity index (χ1n) is 7.86. The van der Waals surface area contributed by atoms with Gasteiger partial charge in [-0.3, -0.25) is 4.79 Å². The minimum atomic E-state index is -1.20. The van der Waals surface area contributed by atoms with Crippen LogP contribution in [-0.2, 0) is 11.2 Å². The molecule has 1 aliphatic heterocycles. The predicted octanol–water partition coefficient (Wildman–Crippen LogP) is 2.81. The van der Waals surface area contributed by atoms with Crippen LogP contribution in [0.5, 0.6) is 23.0 Å². The number of carbonyl (C=O) groups is 1. The molecule has 0 aromatic heterocycles. The summed E-state index contributed by atoms with van der Waals surface area (Å²) in [5.74, 6) is 1.27. The number of hydrogen-bond donors (Lipinski definition) is 1. The van der Waals surface area contributed by atoms with E-state index in [0.29, 0.717) is 45.6 Å². The van der Waals surface area contributed by atoms with Crippen LogP contribution in [0.15, 0.2) is 41.3 Å². The molecule has 0 saturated carbocycles. The molecule has 26 heavy (non-hydrogen) atoms. The van der Waals surface area contributed by atoms with Crippen LogP contribution in [0.2, 0.25) is 0 Å². The molecule has 0 bridgehead atoms. The number of phenols is 1. The Morgan fingerprint density at radius 3 is 2.69 bits per heavy atom. The Hall–Kier alpha value is -2.64. The lowest BCUT2D eigenvalue weighted by atomic mass is 10.1. The van der Waals surface area contributed by atoms with E-state index in [1.54, 1.807) is 30.3 Å². The number of aromatic hydroxyl groups is 1. The molecule has 0 saturated heterocycles. The number of fused-ring (bicyclic) bond motifs is 1. The fourth-order valence-electron chi connectivity index (χ4n) is 2.60. The largest absolute Gasteiger partial charge is 0.611 e. The van der Waals surface area contributed by atoms with Crippen LogP contribution in [-0.4, -0.2) is 42.0 Å². The minimum Gasteiger partial charge on any atom is -0.611 e. The van der Waals surface area contributed by atoms with Gasteiger partial charge in [0.25, 0.3) is 0 Å². The number of benzene rings is 2. The van der Waals surface area contributed by atoms with Crippen LogP contribution < -0.4 is 14.2 Å². The highest BCUT2D eigenvalue weighted by Crippen LogP contribution is 2.35. The summed E-state index contributed by atoms with van der Waals surface area (Å²) in [6, 6.07) is 7.97. The third-order valence-corrected chi connectivity index (χ3v) is 5.28. The van der Waals surface area contributed by atoms with E-state index >= 15 is 0 Å². The molecule has 2 aromatic rings. The van der Waals surface area contributed by atoms with Crippen molar-refractivity contribution in [1.82, 2.24) is 0 Å². The maximum Gasteiger partial charge on any atom is 0.195 e. The highest BCUT2D eigenvalue weighted by atomic mass is 32.2. The van der Waals surface area contributed by atoms with Gasteiger partial charge < -0.3 is 23.9 Å². The van der Waals surface area contributed by atoms with Gasteiger partial charge in [-0.2, -0.15) is 0 Å². The Bertz CT molecular complexity index is 861. The average Bonchev–Trinajstić information content (AvgIpc) is 2.65. The van der Waals surface area contributed by atoms with E-state index in [2.05, 4.69) is 0 Å². The molecule has 1 atom stereocenters. The number of ether oxygens (including phenoxy) is 3. The normalized spacial score (nSPS) is 16.0. The van der Waals surface area contributed by atoms with Crippen molar-refractivity contribution in [1.29, 1.82) is 0 Å². The molecule has 7 heteroatoms. The van der Waals surface area contributed by atoms with E-state index in [1.165, 1.54) is 26.4 Å². The Balaban J connectivity index is 1.89. The van der Waals surface area contributed by atoms with Crippen molar-refractivity contribution in [2.75, 3.05) is 26.6 Å². The molecule has 1 N–H and O–H groups in total. The van der Waals surface area contributed by atoms with Crippen molar-refractivity contribution < 1.29 is 28.7 Å². The second kappa shape index (κ2) is 7.72. The zero-order valence-electron chi connectivity index (χ0n) is 14.4. The second-order valence-electron chi connectivity index (χ2n) is 5.53. The zero-order chi connectivity index (χ0) is 18.7. The molecule has 0 fully saturated rings. The van der Waals surface area contributed by atoms with Gasteiger partial charge in [-0.15, -0.1) is 0 Å². The van der Waals surface area contributed by atoms with E-state index in [1.807, 2.05) is 0 Å². The Kier molecular flexibility index (Phi) is 5.39. The Morgan fingerprint density at radius 2 is 2.00 bits per heavy atom. The molecule has 6 nitrogen and oxygen atoms in total. The summed E-state index contributed by atoms with van der Waals surface area (Å²) < 4.78 is 27.9. The first kappa shape index (κ1) is 18.2. The molecule has 0 amide bonds. The monoisotopic (exact) mass is 374 g/mol. The Morgan fingerprint density at radius 1 is 1.23 bits per heavy atom. The lowest BCUT2D eigenvalue weighted by molar-refractivity contribution is 0.104. The molecule has 2 aromatic carbocycles. The van der Waals surface area contributed by atoms with Crippen LogP contribution in [0.1, 0.15) is 15.9 Å². The van der Waals surface area contributed by atoms with Gasteiger partial charge in [0, 0.05) is 12.1 Å². The fraction of sp³-hybridized carbons (Fsp3) is 0.211. The summed E-state index contributed by atoms with van der Waals surface area (Å²) >= 11 is -1.20. The fourth-order valence-corrected chi connectivity index (χ4v) is 3.65. The van der Waals surface area contributed by atoms with Crippen molar-refractivity contribution in [3.8, 4) is 23.0 Å². The third-order valence-electron chi connectivity index (χ3n) is 3.93. The lowest BCUT2D eigenvalue weighted by Gasteiger charge is -2.21. The van der Waals surface area contributed by atoms with Crippen LogP contribution in [0.3, 0.4) is 0 Å².